The molecule has 0 saturated carbocycles. The first-order chi connectivity index (χ1) is 13.1. The van der Waals surface area contributed by atoms with Crippen LogP contribution in [-0.2, 0) is 0 Å². The second-order valence-corrected chi connectivity index (χ2v) is 6.98. The molecule has 1 heterocycles. The number of rotatable bonds is 4. The van der Waals surface area contributed by atoms with Gasteiger partial charge in [0.25, 0.3) is 5.69 Å². The van der Waals surface area contributed by atoms with Crippen molar-refractivity contribution in [2.24, 2.45) is 0 Å². The molecule has 4 aromatic rings. The molecule has 0 saturated heterocycles. The van der Waals surface area contributed by atoms with Crippen molar-refractivity contribution in [1.29, 1.82) is 0 Å². The van der Waals surface area contributed by atoms with E-state index in [1.807, 2.05) is 59.3 Å². The molecule has 9 heteroatoms. The lowest BCUT2D eigenvalue weighted by atomic mass is 10.2. The van der Waals surface area contributed by atoms with Gasteiger partial charge in [0.15, 0.2) is 5.21 Å². The van der Waals surface area contributed by atoms with Gasteiger partial charge in [-0.15, -0.1) is 4.68 Å². The number of hydrogen-bond acceptors (Lipinski definition) is 4. The van der Waals surface area contributed by atoms with E-state index in [4.69, 9.17) is 0 Å². The molecule has 0 bridgehead atoms. The number of hydrogen-bond donors (Lipinski definition) is 0. The third-order valence-corrected chi connectivity index (χ3v) is 4.73. The number of halogens is 2. The van der Waals surface area contributed by atoms with Crippen LogP contribution in [0.2, 0.25) is 0 Å². The van der Waals surface area contributed by atoms with Gasteiger partial charge < -0.3 is 12.4 Å². The fourth-order valence-electron chi connectivity index (χ4n) is 2.71. The van der Waals surface area contributed by atoms with E-state index >= 15 is 0 Å². The highest BCUT2D eigenvalue weighted by Crippen LogP contribution is 2.18. The molecule has 0 atom stereocenters. The van der Waals surface area contributed by atoms with Gasteiger partial charge in [-0.2, -0.15) is 0 Å². The van der Waals surface area contributed by atoms with E-state index in [9.17, 15) is 10.1 Å². The predicted molar refractivity (Wildman–Crippen MR) is 108 cm³/mol. The van der Waals surface area contributed by atoms with E-state index in [1.165, 1.54) is 12.1 Å². The monoisotopic (exact) mass is 505 g/mol. The molecular weight excluding hydrogens is 493 g/mol. The first kappa shape index (κ1) is 19.9. The molecule has 0 radical (unpaired) electrons. The molecule has 3 aromatic carbocycles. The lowest BCUT2D eigenvalue weighted by Crippen LogP contribution is -3.00. The Morgan fingerprint density at radius 3 is 2.18 bits per heavy atom. The van der Waals surface area contributed by atoms with Crippen LogP contribution in [0.3, 0.4) is 0 Å². The van der Waals surface area contributed by atoms with Crippen LogP contribution in [0.1, 0.15) is 0 Å². The maximum atomic E-state index is 11.0. The summed E-state index contributed by atoms with van der Waals surface area (Å²) in [6.45, 7) is 0. The predicted octanol–water partition coefficient (Wildman–Crippen LogP) is 0.728. The van der Waals surface area contributed by atoms with Crippen LogP contribution in [-0.4, -0.2) is 20.0 Å². The first-order valence-electron chi connectivity index (χ1n) is 8.08. The molecule has 140 valence electrons. The van der Waals surface area contributed by atoms with Gasteiger partial charge in [0.2, 0.25) is 0 Å². The summed E-state index contributed by atoms with van der Waals surface area (Å²) in [5.74, 6) is 0.642. The minimum Gasteiger partial charge on any atom is -1.00 e. The van der Waals surface area contributed by atoms with Gasteiger partial charge in [0, 0.05) is 15.7 Å². The summed E-state index contributed by atoms with van der Waals surface area (Å²) in [6, 6.07) is 23.9. The average Bonchev–Trinajstić information content (AvgIpc) is 3.14. The Bertz CT molecular complexity index is 1100. The zero-order valence-corrected chi connectivity index (χ0v) is 17.2. The zero-order chi connectivity index (χ0) is 18.8. The smallest absolute Gasteiger partial charge is 0.337 e. The van der Waals surface area contributed by atoms with Crippen molar-refractivity contribution in [3.63, 3.8) is 0 Å². The maximum Gasteiger partial charge on any atom is 0.337 e. The molecule has 0 amide bonds. The van der Waals surface area contributed by atoms with Crippen molar-refractivity contribution in [3.05, 3.63) is 92.5 Å². The van der Waals surface area contributed by atoms with Crippen LogP contribution < -0.4 is 17.1 Å². The average molecular weight is 506 g/mol. The van der Waals surface area contributed by atoms with Crippen LogP contribution in [0.15, 0.2) is 78.9 Å². The Morgan fingerprint density at radius 1 is 0.929 bits per heavy atom. The quantitative estimate of drug-likeness (QED) is 0.177. The molecule has 7 nitrogen and oxygen atoms in total. The number of benzene rings is 3. The molecule has 0 unspecified atom stereocenters. The van der Waals surface area contributed by atoms with Gasteiger partial charge in [0.05, 0.1) is 10.5 Å². The summed E-state index contributed by atoms with van der Waals surface area (Å²) in [7, 11) is 0. The minimum absolute atomic E-state index is 0. The summed E-state index contributed by atoms with van der Waals surface area (Å²) in [5, 5.41) is 19.7. The van der Waals surface area contributed by atoms with Gasteiger partial charge >= 0.3 is 5.82 Å². The first-order valence-corrected chi connectivity index (χ1v) is 9.15. The summed E-state index contributed by atoms with van der Waals surface area (Å²) in [4.78, 5) is 12.2. The van der Waals surface area contributed by atoms with E-state index < -0.39 is 4.92 Å². The van der Waals surface area contributed by atoms with Crippen molar-refractivity contribution in [3.8, 4) is 22.8 Å². The molecule has 0 aliphatic heterocycles. The lowest BCUT2D eigenvalue weighted by Gasteiger charge is -2.05. The number of non-ortho nitro benzene ring substituents is 1. The Hall–Kier alpha value is -2.85. The van der Waals surface area contributed by atoms with Crippen LogP contribution in [0.4, 0.5) is 5.69 Å². The lowest BCUT2D eigenvalue weighted by molar-refractivity contribution is -0.669. The molecule has 1 aromatic heterocycles. The van der Waals surface area contributed by atoms with Crippen LogP contribution in [0.5, 0.6) is 0 Å². The van der Waals surface area contributed by atoms with Crippen LogP contribution in [0.25, 0.3) is 22.8 Å². The zero-order valence-electron chi connectivity index (χ0n) is 14.3. The molecule has 0 aliphatic carbocycles. The van der Waals surface area contributed by atoms with Crippen molar-refractivity contribution < 1.29 is 22.0 Å². The molecule has 0 fully saturated rings. The maximum absolute atomic E-state index is 11.0. The van der Waals surface area contributed by atoms with Crippen molar-refractivity contribution in [1.82, 2.24) is 15.1 Å². The minimum atomic E-state index is -0.415. The van der Waals surface area contributed by atoms with E-state index in [0.717, 1.165) is 20.5 Å². The third kappa shape index (κ3) is 3.87. The second-order valence-electron chi connectivity index (χ2n) is 5.73. The fraction of sp³-hybridized carbons (Fsp3) is 0. The van der Waals surface area contributed by atoms with Crippen LogP contribution in [0, 0.1) is 13.7 Å². The Kier molecular flexibility index (Phi) is 6.00. The standard InChI is InChI=1S/C19H13IN5O2.ClH/c20-15-6-8-17(9-7-15)24-22-21-19(14-4-2-1-3-5-14)23(24)16-10-12-18(13-11-16)25(26)27;/h1-13H;1H/q+1;/p-1. The number of nitrogens with zero attached hydrogens (tertiary/aromatic N) is 5. The fourth-order valence-corrected chi connectivity index (χ4v) is 3.07. The number of nitro groups is 1. The third-order valence-electron chi connectivity index (χ3n) is 4.01. The van der Waals surface area contributed by atoms with Gasteiger partial charge in [0.1, 0.15) is 16.5 Å². The molecular formula is C19H13ClIN5O2. The molecule has 0 aliphatic rings. The number of nitro benzene ring substituents is 1. The second kappa shape index (κ2) is 8.44. The highest BCUT2D eigenvalue weighted by atomic mass is 127. The summed E-state index contributed by atoms with van der Waals surface area (Å²) in [6.07, 6.45) is 0. The van der Waals surface area contributed by atoms with E-state index in [-0.39, 0.29) is 18.1 Å². The van der Waals surface area contributed by atoms with E-state index in [0.29, 0.717) is 5.82 Å². The number of aromatic nitrogens is 4. The molecule has 0 N–H and O–H groups in total. The van der Waals surface area contributed by atoms with Gasteiger partial charge in [-0.05, 0) is 75.9 Å². The Morgan fingerprint density at radius 2 is 1.57 bits per heavy atom. The van der Waals surface area contributed by atoms with Crippen molar-refractivity contribution in [2.45, 2.75) is 0 Å². The van der Waals surface area contributed by atoms with Crippen LogP contribution >= 0.6 is 22.6 Å². The summed E-state index contributed by atoms with van der Waals surface area (Å²) >= 11 is 2.24. The highest BCUT2D eigenvalue weighted by molar-refractivity contribution is 14.1. The van der Waals surface area contributed by atoms with E-state index in [1.54, 1.807) is 16.9 Å². The molecule has 28 heavy (non-hydrogen) atoms. The molecule has 0 spiro atoms. The Labute approximate surface area is 180 Å². The Balaban J connectivity index is 0.00000225. The largest absolute Gasteiger partial charge is 1.00 e. The summed E-state index contributed by atoms with van der Waals surface area (Å²) in [5.41, 5.74) is 2.49. The van der Waals surface area contributed by atoms with Gasteiger partial charge in [-0.1, -0.05) is 18.2 Å². The van der Waals surface area contributed by atoms with E-state index in [2.05, 4.69) is 32.9 Å². The summed E-state index contributed by atoms with van der Waals surface area (Å²) < 4.78 is 2.95. The van der Waals surface area contributed by atoms with Gasteiger partial charge in [-0.3, -0.25) is 10.1 Å². The normalized spacial score (nSPS) is 10.3. The van der Waals surface area contributed by atoms with Gasteiger partial charge in [-0.25, -0.2) is 0 Å². The van der Waals surface area contributed by atoms with Crippen molar-refractivity contribution >= 4 is 28.3 Å². The SMILES string of the molecule is O=[N+]([O-])c1ccc(-[n+]2c(-c3ccccc3)nnn2-c2ccc(I)cc2)cc1.[Cl-]. The highest BCUT2D eigenvalue weighted by Gasteiger charge is 2.25. The topological polar surface area (TPSA) is 77.7 Å². The van der Waals surface area contributed by atoms with Crippen molar-refractivity contribution in [2.75, 3.05) is 0 Å². The molecule has 4 rings (SSSR count). The number of tetrazole rings is 1.